The lowest BCUT2D eigenvalue weighted by atomic mass is 10.1. The van der Waals surface area contributed by atoms with Crippen molar-refractivity contribution in [3.05, 3.63) is 33.9 Å². The van der Waals surface area contributed by atoms with Crippen LogP contribution in [0.25, 0.3) is 11.3 Å². The maximum absolute atomic E-state index is 12.4. The van der Waals surface area contributed by atoms with Gasteiger partial charge in [0.2, 0.25) is 5.62 Å². The third-order valence-corrected chi connectivity index (χ3v) is 3.26. The van der Waals surface area contributed by atoms with E-state index in [0.29, 0.717) is 10.6 Å². The molecule has 0 aliphatic carbocycles. The minimum absolute atomic E-state index is 0.0456. The van der Waals surface area contributed by atoms with Gasteiger partial charge in [0.15, 0.2) is 5.82 Å². The van der Waals surface area contributed by atoms with Crippen LogP contribution in [0.3, 0.4) is 0 Å². The Morgan fingerprint density at radius 1 is 1.37 bits per heavy atom. The van der Waals surface area contributed by atoms with Gasteiger partial charge in [0.1, 0.15) is 12.4 Å². The number of aryl methyl sites for hydroxylation is 1. The van der Waals surface area contributed by atoms with Crippen LogP contribution in [0.5, 0.6) is 0 Å². The second-order valence-corrected chi connectivity index (χ2v) is 4.47. The molecule has 0 bridgehead atoms. The van der Waals surface area contributed by atoms with Crippen molar-refractivity contribution < 1.29 is 4.39 Å². The molecule has 2 rings (SSSR count). The molecule has 0 atom stereocenters. The summed E-state index contributed by atoms with van der Waals surface area (Å²) in [4.78, 5) is 3.82. The zero-order chi connectivity index (χ0) is 14.0. The number of hydrogen-bond donors (Lipinski definition) is 2. The predicted octanol–water partition coefficient (Wildman–Crippen LogP) is 2.28. The number of benzene rings is 1. The minimum atomic E-state index is -0.655. The first-order valence-electron chi connectivity index (χ1n) is 5.34. The van der Waals surface area contributed by atoms with Crippen molar-refractivity contribution in [1.29, 1.82) is 5.41 Å². The van der Waals surface area contributed by atoms with Crippen molar-refractivity contribution in [2.45, 2.75) is 6.54 Å². The average Bonchev–Trinajstić information content (AvgIpc) is 2.37. The predicted molar refractivity (Wildman–Crippen MR) is 71.7 cm³/mol. The lowest BCUT2D eigenvalue weighted by Gasteiger charge is -2.10. The van der Waals surface area contributed by atoms with E-state index in [1.165, 1.54) is 0 Å². The van der Waals surface area contributed by atoms with Crippen molar-refractivity contribution in [2.75, 3.05) is 12.4 Å². The van der Waals surface area contributed by atoms with Gasteiger partial charge in [-0.2, -0.15) is 10.1 Å². The summed E-state index contributed by atoms with van der Waals surface area (Å²) in [6.45, 7) is -0.727. The van der Waals surface area contributed by atoms with Gasteiger partial charge in [0.25, 0.3) is 0 Å². The van der Waals surface area contributed by atoms with Crippen molar-refractivity contribution in [1.82, 2.24) is 14.8 Å². The fraction of sp³-hybridized carbons (Fsp3) is 0.182. The molecule has 100 valence electrons. The number of nitrogens with one attached hydrogen (secondary N) is 1. The number of rotatable bonds is 3. The van der Waals surface area contributed by atoms with Crippen LogP contribution >= 0.6 is 23.2 Å². The molecule has 2 aromatic rings. The molecule has 0 saturated heterocycles. The highest BCUT2D eigenvalue weighted by atomic mass is 35.5. The summed E-state index contributed by atoms with van der Waals surface area (Å²) in [7, 11) is 0. The van der Waals surface area contributed by atoms with E-state index >= 15 is 0 Å². The molecule has 0 saturated carbocycles. The quantitative estimate of drug-likeness (QED) is 0.912. The largest absolute Gasteiger partial charge is 0.382 e. The number of nitrogens with two attached hydrogens (primary N) is 1. The van der Waals surface area contributed by atoms with E-state index in [9.17, 15) is 4.39 Å². The standard InChI is InChI=1S/C11H10Cl2FN5/c12-7-3-1-2-6(8(7)13)9-10(15)17-11(16)19(18-9)5-4-14/h1-3H,4-5H2,(H3,15,16,17). The van der Waals surface area contributed by atoms with E-state index in [0.717, 1.165) is 4.68 Å². The smallest absolute Gasteiger partial charge is 0.240 e. The Kier molecular flexibility index (Phi) is 4.01. The summed E-state index contributed by atoms with van der Waals surface area (Å²) in [6.07, 6.45) is 0. The lowest BCUT2D eigenvalue weighted by molar-refractivity contribution is 0.409. The van der Waals surface area contributed by atoms with Gasteiger partial charge >= 0.3 is 0 Å². The number of hydrogen-bond acceptors (Lipinski definition) is 4. The molecule has 5 nitrogen and oxygen atoms in total. The van der Waals surface area contributed by atoms with Crippen LogP contribution < -0.4 is 11.4 Å². The molecule has 1 aromatic carbocycles. The zero-order valence-electron chi connectivity index (χ0n) is 9.70. The van der Waals surface area contributed by atoms with Gasteiger partial charge < -0.3 is 5.73 Å². The third kappa shape index (κ3) is 2.69. The molecule has 1 aromatic heterocycles. The molecule has 1 heterocycles. The van der Waals surface area contributed by atoms with Gasteiger partial charge in [-0.25, -0.2) is 9.07 Å². The van der Waals surface area contributed by atoms with E-state index in [2.05, 4.69) is 10.1 Å². The van der Waals surface area contributed by atoms with E-state index < -0.39 is 6.67 Å². The van der Waals surface area contributed by atoms with Gasteiger partial charge in [-0.1, -0.05) is 35.3 Å². The zero-order valence-corrected chi connectivity index (χ0v) is 11.2. The van der Waals surface area contributed by atoms with Crippen LogP contribution in [0.4, 0.5) is 10.2 Å². The minimum Gasteiger partial charge on any atom is -0.382 e. The highest BCUT2D eigenvalue weighted by Crippen LogP contribution is 2.33. The highest BCUT2D eigenvalue weighted by molar-refractivity contribution is 6.43. The van der Waals surface area contributed by atoms with Crippen molar-refractivity contribution in [3.63, 3.8) is 0 Å². The average molecular weight is 302 g/mol. The maximum atomic E-state index is 12.4. The Labute approximate surface area is 118 Å². The summed E-state index contributed by atoms with van der Waals surface area (Å²) in [6, 6.07) is 5.00. The highest BCUT2D eigenvalue weighted by Gasteiger charge is 2.14. The van der Waals surface area contributed by atoms with Crippen molar-refractivity contribution in [3.8, 4) is 11.3 Å². The Hall–Kier alpha value is -1.66. The van der Waals surface area contributed by atoms with Crippen molar-refractivity contribution in [2.24, 2.45) is 0 Å². The number of nitrogen functional groups attached to an aromatic ring is 1. The van der Waals surface area contributed by atoms with E-state index in [1.54, 1.807) is 18.2 Å². The molecule has 0 unspecified atom stereocenters. The molecule has 0 aliphatic heterocycles. The normalized spacial score (nSPS) is 10.7. The van der Waals surface area contributed by atoms with Crippen LogP contribution in [0.15, 0.2) is 18.2 Å². The van der Waals surface area contributed by atoms with Gasteiger partial charge in [-0.05, 0) is 6.07 Å². The number of halogens is 3. The maximum Gasteiger partial charge on any atom is 0.240 e. The summed E-state index contributed by atoms with van der Waals surface area (Å²) < 4.78 is 13.5. The number of nitrogens with zero attached hydrogens (tertiary/aromatic N) is 3. The molecule has 8 heteroatoms. The third-order valence-electron chi connectivity index (χ3n) is 2.44. The lowest BCUT2D eigenvalue weighted by Crippen LogP contribution is -2.28. The van der Waals surface area contributed by atoms with E-state index in [-0.39, 0.29) is 28.7 Å². The molecule has 0 amide bonds. The Morgan fingerprint density at radius 3 is 2.79 bits per heavy atom. The second kappa shape index (κ2) is 5.54. The molecular weight excluding hydrogens is 292 g/mol. The van der Waals surface area contributed by atoms with E-state index in [4.69, 9.17) is 34.3 Å². The van der Waals surface area contributed by atoms with Gasteiger partial charge in [0.05, 0.1) is 16.6 Å². The molecule has 19 heavy (non-hydrogen) atoms. The fourth-order valence-electron chi connectivity index (χ4n) is 1.56. The number of anilines is 1. The van der Waals surface area contributed by atoms with Crippen LogP contribution in [-0.4, -0.2) is 21.4 Å². The van der Waals surface area contributed by atoms with Crippen LogP contribution in [-0.2, 0) is 6.54 Å². The molecule has 0 spiro atoms. The van der Waals surface area contributed by atoms with Gasteiger partial charge in [0, 0.05) is 5.56 Å². The summed E-state index contributed by atoms with van der Waals surface area (Å²) in [5.41, 5.74) is 6.29. The van der Waals surface area contributed by atoms with Gasteiger partial charge in [-0.15, -0.1) is 0 Å². The molecule has 0 aliphatic rings. The first-order chi connectivity index (χ1) is 9.04. The van der Waals surface area contributed by atoms with Crippen LogP contribution in [0.1, 0.15) is 0 Å². The van der Waals surface area contributed by atoms with Crippen LogP contribution in [0, 0.1) is 5.41 Å². The molecular formula is C11H10Cl2FN5. The second-order valence-electron chi connectivity index (χ2n) is 3.68. The Bertz CT molecular complexity index is 671. The fourth-order valence-corrected chi connectivity index (χ4v) is 1.95. The summed E-state index contributed by atoms with van der Waals surface area (Å²) in [5.74, 6) is 0.0456. The monoisotopic (exact) mass is 301 g/mol. The number of alkyl halides is 1. The van der Waals surface area contributed by atoms with Crippen molar-refractivity contribution >= 4 is 29.0 Å². The molecule has 0 radical (unpaired) electrons. The molecule has 0 fully saturated rings. The molecule has 3 N–H and O–H groups in total. The van der Waals surface area contributed by atoms with Crippen LogP contribution in [0.2, 0.25) is 10.0 Å². The topological polar surface area (TPSA) is 80.6 Å². The number of aromatic nitrogens is 3. The SMILES string of the molecule is N=c1nc(N)c(-c2cccc(Cl)c2Cl)nn1CCF. The first-order valence-corrected chi connectivity index (χ1v) is 6.09. The Balaban J connectivity index is 2.65. The Morgan fingerprint density at radius 2 is 2.11 bits per heavy atom. The summed E-state index contributed by atoms with van der Waals surface area (Å²) >= 11 is 12.0. The first kappa shape index (κ1) is 13.8. The summed E-state index contributed by atoms with van der Waals surface area (Å²) in [5, 5.41) is 12.3. The van der Waals surface area contributed by atoms with E-state index in [1.807, 2.05) is 0 Å². The van der Waals surface area contributed by atoms with Gasteiger partial charge in [-0.3, -0.25) is 5.41 Å².